The van der Waals surface area contributed by atoms with Crippen molar-refractivity contribution in [3.63, 3.8) is 0 Å². The van der Waals surface area contributed by atoms with E-state index in [1.54, 1.807) is 11.1 Å². The Hall–Kier alpha value is -2.84. The second kappa shape index (κ2) is 8.04. The van der Waals surface area contributed by atoms with Gasteiger partial charge in [-0.1, -0.05) is 12.8 Å². The second-order valence-electron chi connectivity index (χ2n) is 7.44. The number of aromatic nitrogens is 3. The Morgan fingerprint density at radius 2 is 2.07 bits per heavy atom. The molecule has 0 aromatic carbocycles. The predicted molar refractivity (Wildman–Crippen MR) is 99.2 cm³/mol. The standard InChI is InChI=1S/C19H25N5O4/c1-27-17-9-16(28-22-17)18(25)21-14-5-4-8-23(12-14)19(26)13-10-20-24(11-13)15-6-2-3-7-15/h9-11,14-15H,2-8,12H2,1H3,(H,21,25). The molecule has 1 atom stereocenters. The number of methoxy groups -OCH3 is 1. The van der Waals surface area contributed by atoms with Crippen LogP contribution in [0.4, 0.5) is 0 Å². The Kier molecular flexibility index (Phi) is 5.31. The van der Waals surface area contributed by atoms with E-state index in [1.165, 1.54) is 26.0 Å². The Labute approximate surface area is 163 Å². The first kappa shape index (κ1) is 18.5. The summed E-state index contributed by atoms with van der Waals surface area (Å²) in [5, 5.41) is 11.0. The number of nitrogens with zero attached hydrogens (tertiary/aromatic N) is 4. The van der Waals surface area contributed by atoms with Crippen LogP contribution in [0.15, 0.2) is 23.0 Å². The molecule has 1 aliphatic heterocycles. The molecule has 3 heterocycles. The van der Waals surface area contributed by atoms with Gasteiger partial charge in [0.05, 0.1) is 31.0 Å². The first-order valence-electron chi connectivity index (χ1n) is 9.79. The highest BCUT2D eigenvalue weighted by Gasteiger charge is 2.28. The van der Waals surface area contributed by atoms with Crippen molar-refractivity contribution in [2.45, 2.75) is 50.6 Å². The second-order valence-corrected chi connectivity index (χ2v) is 7.44. The van der Waals surface area contributed by atoms with Gasteiger partial charge in [0.15, 0.2) is 0 Å². The fraction of sp³-hybridized carbons (Fsp3) is 0.579. The van der Waals surface area contributed by atoms with Crippen LogP contribution in [0.3, 0.4) is 0 Å². The zero-order chi connectivity index (χ0) is 19.5. The fourth-order valence-electron chi connectivity index (χ4n) is 4.00. The summed E-state index contributed by atoms with van der Waals surface area (Å²) in [5.74, 6) is -0.0447. The highest BCUT2D eigenvalue weighted by molar-refractivity contribution is 5.94. The van der Waals surface area contributed by atoms with E-state index in [9.17, 15) is 9.59 Å². The van der Waals surface area contributed by atoms with Gasteiger partial charge in [-0.15, -0.1) is 0 Å². The molecule has 9 nitrogen and oxygen atoms in total. The lowest BCUT2D eigenvalue weighted by atomic mass is 10.0. The minimum atomic E-state index is -0.357. The summed E-state index contributed by atoms with van der Waals surface area (Å²) < 4.78 is 11.8. The molecule has 2 amide bonds. The van der Waals surface area contributed by atoms with Crippen molar-refractivity contribution >= 4 is 11.8 Å². The Morgan fingerprint density at radius 1 is 1.25 bits per heavy atom. The maximum absolute atomic E-state index is 12.9. The lowest BCUT2D eigenvalue weighted by Gasteiger charge is -2.32. The van der Waals surface area contributed by atoms with E-state index in [2.05, 4.69) is 15.6 Å². The molecule has 2 aliphatic rings. The first-order chi connectivity index (χ1) is 13.6. The van der Waals surface area contributed by atoms with E-state index in [0.717, 1.165) is 25.7 Å². The van der Waals surface area contributed by atoms with Gasteiger partial charge in [-0.05, 0) is 30.8 Å². The van der Waals surface area contributed by atoms with E-state index in [0.29, 0.717) is 24.7 Å². The molecule has 9 heteroatoms. The topological polar surface area (TPSA) is 102 Å². The Balaban J connectivity index is 1.36. The lowest BCUT2D eigenvalue weighted by molar-refractivity contribution is 0.0671. The molecule has 2 aromatic rings. The van der Waals surface area contributed by atoms with Gasteiger partial charge < -0.3 is 19.5 Å². The van der Waals surface area contributed by atoms with Crippen LogP contribution >= 0.6 is 0 Å². The number of piperidine rings is 1. The number of nitrogens with one attached hydrogen (secondary N) is 1. The number of carbonyl (C=O) groups excluding carboxylic acids is 2. The maximum atomic E-state index is 12.9. The quantitative estimate of drug-likeness (QED) is 0.842. The zero-order valence-electron chi connectivity index (χ0n) is 16.0. The third-order valence-electron chi connectivity index (χ3n) is 5.51. The zero-order valence-corrected chi connectivity index (χ0v) is 16.0. The minimum absolute atomic E-state index is 0.0375. The van der Waals surface area contributed by atoms with Crippen LogP contribution in [-0.4, -0.2) is 57.9 Å². The lowest BCUT2D eigenvalue weighted by Crippen LogP contribution is -2.49. The number of hydrogen-bond acceptors (Lipinski definition) is 6. The highest BCUT2D eigenvalue weighted by atomic mass is 16.5. The van der Waals surface area contributed by atoms with Crippen molar-refractivity contribution < 1.29 is 18.8 Å². The maximum Gasteiger partial charge on any atom is 0.290 e. The predicted octanol–water partition coefficient (Wildman–Crippen LogP) is 2.03. The highest BCUT2D eigenvalue weighted by Crippen LogP contribution is 2.29. The summed E-state index contributed by atoms with van der Waals surface area (Å²) in [6.45, 7) is 1.14. The molecule has 1 aliphatic carbocycles. The monoisotopic (exact) mass is 387 g/mol. The van der Waals surface area contributed by atoms with E-state index >= 15 is 0 Å². The summed E-state index contributed by atoms with van der Waals surface area (Å²) >= 11 is 0. The number of hydrogen-bond donors (Lipinski definition) is 1. The summed E-state index contributed by atoms with van der Waals surface area (Å²) in [5.41, 5.74) is 0.610. The van der Waals surface area contributed by atoms with Crippen molar-refractivity contribution in [1.82, 2.24) is 25.2 Å². The Bertz CT molecular complexity index is 839. The van der Waals surface area contributed by atoms with Gasteiger partial charge >= 0.3 is 0 Å². The van der Waals surface area contributed by atoms with Crippen LogP contribution in [0, 0.1) is 0 Å². The summed E-state index contributed by atoms with van der Waals surface area (Å²) in [4.78, 5) is 27.0. The van der Waals surface area contributed by atoms with Crippen LogP contribution < -0.4 is 10.1 Å². The van der Waals surface area contributed by atoms with Gasteiger partial charge in [0, 0.05) is 25.3 Å². The van der Waals surface area contributed by atoms with Crippen LogP contribution in [0.25, 0.3) is 0 Å². The van der Waals surface area contributed by atoms with Crippen LogP contribution in [0.2, 0.25) is 0 Å². The average Bonchev–Trinajstić information content (AvgIpc) is 3.48. The van der Waals surface area contributed by atoms with Crippen molar-refractivity contribution in [3.05, 3.63) is 29.8 Å². The summed E-state index contributed by atoms with van der Waals surface area (Å²) in [7, 11) is 1.46. The first-order valence-corrected chi connectivity index (χ1v) is 9.79. The number of likely N-dealkylation sites (tertiary alicyclic amines) is 1. The summed E-state index contributed by atoms with van der Waals surface area (Å²) in [6.07, 6.45) is 9.84. The van der Waals surface area contributed by atoms with Crippen molar-refractivity contribution in [2.24, 2.45) is 0 Å². The molecule has 1 unspecified atom stereocenters. The van der Waals surface area contributed by atoms with E-state index < -0.39 is 0 Å². The molecule has 4 rings (SSSR count). The molecule has 1 saturated carbocycles. The summed E-state index contributed by atoms with van der Waals surface area (Å²) in [6, 6.07) is 1.72. The van der Waals surface area contributed by atoms with Crippen LogP contribution in [0.5, 0.6) is 5.88 Å². The number of amides is 2. The van der Waals surface area contributed by atoms with Gasteiger partial charge in [0.1, 0.15) is 0 Å². The number of carbonyl (C=O) groups is 2. The third kappa shape index (κ3) is 3.88. The molecule has 0 bridgehead atoms. The molecule has 1 N–H and O–H groups in total. The molecule has 1 saturated heterocycles. The molecule has 0 radical (unpaired) electrons. The van der Waals surface area contributed by atoms with Gasteiger partial charge in [-0.25, -0.2) is 0 Å². The molecule has 2 fully saturated rings. The number of ether oxygens (including phenoxy) is 1. The van der Waals surface area contributed by atoms with Crippen molar-refractivity contribution in [2.75, 3.05) is 20.2 Å². The van der Waals surface area contributed by atoms with Gasteiger partial charge in [0.25, 0.3) is 17.7 Å². The molecule has 0 spiro atoms. The van der Waals surface area contributed by atoms with Crippen molar-refractivity contribution in [3.8, 4) is 5.88 Å². The fourth-order valence-corrected chi connectivity index (χ4v) is 4.00. The molecule has 28 heavy (non-hydrogen) atoms. The molecular formula is C19H25N5O4. The Morgan fingerprint density at radius 3 is 2.82 bits per heavy atom. The van der Waals surface area contributed by atoms with Crippen LogP contribution in [0.1, 0.15) is 65.5 Å². The molecular weight excluding hydrogens is 362 g/mol. The van der Waals surface area contributed by atoms with E-state index in [1.807, 2.05) is 10.9 Å². The largest absolute Gasteiger partial charge is 0.479 e. The van der Waals surface area contributed by atoms with E-state index in [4.69, 9.17) is 9.26 Å². The number of rotatable bonds is 5. The molecule has 2 aromatic heterocycles. The molecule has 150 valence electrons. The van der Waals surface area contributed by atoms with Crippen LogP contribution in [-0.2, 0) is 0 Å². The van der Waals surface area contributed by atoms with E-state index in [-0.39, 0.29) is 29.5 Å². The SMILES string of the molecule is COc1cc(C(=O)NC2CCCN(C(=O)c3cnn(C4CCCC4)c3)C2)on1. The van der Waals surface area contributed by atoms with Gasteiger partial charge in [-0.3, -0.25) is 14.3 Å². The van der Waals surface area contributed by atoms with Gasteiger partial charge in [0.2, 0.25) is 5.76 Å². The van der Waals surface area contributed by atoms with Gasteiger partial charge in [-0.2, -0.15) is 5.10 Å². The average molecular weight is 387 g/mol. The normalized spacial score (nSPS) is 20.3. The smallest absolute Gasteiger partial charge is 0.290 e. The minimum Gasteiger partial charge on any atom is -0.479 e. The third-order valence-corrected chi connectivity index (χ3v) is 5.51. The van der Waals surface area contributed by atoms with Crippen molar-refractivity contribution in [1.29, 1.82) is 0 Å².